The zero-order valence-electron chi connectivity index (χ0n) is 12.9. The van der Waals surface area contributed by atoms with Crippen LogP contribution < -0.4 is 5.32 Å². The number of rotatable bonds is 6. The number of ether oxygens (including phenoxy) is 1. The molecule has 0 aromatic carbocycles. The monoisotopic (exact) mass is 309 g/mol. The Kier molecular flexibility index (Phi) is 4.75. The van der Waals surface area contributed by atoms with Crippen molar-refractivity contribution in [2.24, 2.45) is 0 Å². The zero-order valence-corrected chi connectivity index (χ0v) is 12.9. The molecule has 2 aliphatic rings. The van der Waals surface area contributed by atoms with Gasteiger partial charge in [0, 0.05) is 25.6 Å². The average molecular weight is 309 g/mol. The van der Waals surface area contributed by atoms with Gasteiger partial charge in [0.15, 0.2) is 0 Å². The van der Waals surface area contributed by atoms with Crippen LogP contribution in [0.4, 0.5) is 0 Å². The first-order valence-corrected chi connectivity index (χ1v) is 7.87. The summed E-state index contributed by atoms with van der Waals surface area (Å²) in [4.78, 5) is 14.7. The number of nitrogens with one attached hydrogen (secondary N) is 1. The van der Waals surface area contributed by atoms with E-state index in [1.807, 2.05) is 0 Å². The van der Waals surface area contributed by atoms with E-state index in [-0.39, 0.29) is 18.6 Å². The quantitative estimate of drug-likeness (QED) is 0.785. The summed E-state index contributed by atoms with van der Waals surface area (Å²) in [5.74, 6) is 0.695. The summed E-state index contributed by atoms with van der Waals surface area (Å²) < 4.78 is 10.5. The highest BCUT2D eigenvalue weighted by Crippen LogP contribution is 2.41. The predicted octanol–water partition coefficient (Wildman–Crippen LogP) is 0.283. The number of aliphatic hydroxyl groups is 1. The molecule has 0 radical (unpaired) electrons. The van der Waals surface area contributed by atoms with E-state index in [4.69, 9.17) is 9.26 Å². The van der Waals surface area contributed by atoms with Crippen molar-refractivity contribution in [2.45, 2.75) is 31.7 Å². The van der Waals surface area contributed by atoms with Crippen molar-refractivity contribution in [3.63, 3.8) is 0 Å². The molecule has 1 aromatic heterocycles. The summed E-state index contributed by atoms with van der Waals surface area (Å²) in [6, 6.07) is -0.299. The first-order chi connectivity index (χ1) is 10.7. The van der Waals surface area contributed by atoms with Gasteiger partial charge in [0.1, 0.15) is 11.3 Å². The molecule has 1 aliphatic heterocycles. The molecule has 1 aromatic rings. The summed E-state index contributed by atoms with van der Waals surface area (Å²) in [7, 11) is 0. The highest BCUT2D eigenvalue weighted by atomic mass is 16.5. The first kappa shape index (κ1) is 15.5. The van der Waals surface area contributed by atoms with Crippen LogP contribution in [0.3, 0.4) is 0 Å². The molecule has 122 valence electrons. The fourth-order valence-electron chi connectivity index (χ4n) is 2.80. The number of carbonyl (C=O) groups excluding carboxylic acids is 1. The van der Waals surface area contributed by atoms with Gasteiger partial charge >= 0.3 is 0 Å². The Hall–Kier alpha value is -1.44. The molecule has 1 saturated carbocycles. The molecule has 1 unspecified atom stereocenters. The van der Waals surface area contributed by atoms with Gasteiger partial charge in [0.25, 0.3) is 5.91 Å². The number of aromatic nitrogens is 1. The average Bonchev–Trinajstić information content (AvgIpc) is 3.30. The van der Waals surface area contributed by atoms with Crippen molar-refractivity contribution >= 4 is 5.91 Å². The van der Waals surface area contributed by atoms with E-state index in [1.165, 1.54) is 0 Å². The Morgan fingerprint density at radius 1 is 1.45 bits per heavy atom. The molecule has 2 heterocycles. The van der Waals surface area contributed by atoms with E-state index in [0.717, 1.165) is 31.6 Å². The van der Waals surface area contributed by atoms with Crippen LogP contribution in [0.1, 0.15) is 40.6 Å². The fraction of sp³-hybridized carbons (Fsp3) is 0.733. The van der Waals surface area contributed by atoms with Crippen molar-refractivity contribution in [3.05, 3.63) is 17.0 Å². The molecule has 0 bridgehead atoms. The second-order valence-electron chi connectivity index (χ2n) is 6.04. The highest BCUT2D eigenvalue weighted by molar-refractivity contribution is 5.96. The van der Waals surface area contributed by atoms with Crippen LogP contribution >= 0.6 is 0 Å². The van der Waals surface area contributed by atoms with Gasteiger partial charge < -0.3 is 19.7 Å². The third-order valence-corrected chi connectivity index (χ3v) is 4.22. The van der Waals surface area contributed by atoms with Crippen LogP contribution in [0.5, 0.6) is 0 Å². The van der Waals surface area contributed by atoms with Crippen LogP contribution in [-0.2, 0) is 4.74 Å². The number of aliphatic hydroxyl groups excluding tert-OH is 1. The molecular weight excluding hydrogens is 286 g/mol. The summed E-state index contributed by atoms with van der Waals surface area (Å²) in [5, 5.41) is 16.5. The molecule has 7 nitrogen and oxygen atoms in total. The third-order valence-electron chi connectivity index (χ3n) is 4.22. The van der Waals surface area contributed by atoms with Gasteiger partial charge in [-0.2, -0.15) is 0 Å². The Bertz CT molecular complexity index is 521. The Morgan fingerprint density at radius 2 is 2.18 bits per heavy atom. The SMILES string of the molecule is Cc1onc(C2CC2)c1C(=O)NC(CO)CN1CCOCC1. The fourth-order valence-corrected chi connectivity index (χ4v) is 2.80. The van der Waals surface area contributed by atoms with Gasteiger partial charge in [0.05, 0.1) is 31.6 Å². The van der Waals surface area contributed by atoms with Crippen molar-refractivity contribution < 1.29 is 19.2 Å². The molecule has 1 aliphatic carbocycles. The van der Waals surface area contributed by atoms with Crippen molar-refractivity contribution in [3.8, 4) is 0 Å². The lowest BCUT2D eigenvalue weighted by Crippen LogP contribution is -2.49. The highest BCUT2D eigenvalue weighted by Gasteiger charge is 2.34. The number of nitrogens with zero attached hydrogens (tertiary/aromatic N) is 2. The summed E-state index contributed by atoms with van der Waals surface area (Å²) >= 11 is 0. The number of aryl methyl sites for hydroxylation is 1. The molecule has 0 spiro atoms. The van der Waals surface area contributed by atoms with E-state index in [9.17, 15) is 9.90 Å². The second-order valence-corrected chi connectivity index (χ2v) is 6.04. The molecule has 2 N–H and O–H groups in total. The maximum Gasteiger partial charge on any atom is 0.257 e. The molecule has 1 atom stereocenters. The van der Waals surface area contributed by atoms with Crippen molar-refractivity contribution in [1.82, 2.24) is 15.4 Å². The lowest BCUT2D eigenvalue weighted by molar-refractivity contribution is 0.0296. The molecule has 2 fully saturated rings. The van der Waals surface area contributed by atoms with E-state index in [2.05, 4.69) is 15.4 Å². The molecular formula is C15H23N3O4. The lowest BCUT2D eigenvalue weighted by Gasteiger charge is -2.30. The standard InChI is InChI=1S/C15H23N3O4/c1-10-13(14(17-22-10)11-2-3-11)15(20)16-12(9-19)8-18-4-6-21-7-5-18/h11-12,19H,2-9H2,1H3,(H,16,20). The predicted molar refractivity (Wildman–Crippen MR) is 78.8 cm³/mol. The minimum Gasteiger partial charge on any atom is -0.394 e. The summed E-state index contributed by atoms with van der Waals surface area (Å²) in [5.41, 5.74) is 1.31. The molecule has 22 heavy (non-hydrogen) atoms. The van der Waals surface area contributed by atoms with Gasteiger partial charge in [-0.05, 0) is 19.8 Å². The Balaban J connectivity index is 1.62. The van der Waals surface area contributed by atoms with Gasteiger partial charge in [-0.15, -0.1) is 0 Å². The van der Waals surface area contributed by atoms with Gasteiger partial charge in [0.2, 0.25) is 0 Å². The van der Waals surface area contributed by atoms with Crippen LogP contribution in [0.2, 0.25) is 0 Å². The maximum absolute atomic E-state index is 12.5. The number of hydrogen-bond acceptors (Lipinski definition) is 6. The van der Waals surface area contributed by atoms with Crippen LogP contribution in [0, 0.1) is 6.92 Å². The van der Waals surface area contributed by atoms with E-state index in [0.29, 0.717) is 37.0 Å². The van der Waals surface area contributed by atoms with E-state index >= 15 is 0 Å². The van der Waals surface area contributed by atoms with Crippen LogP contribution in [-0.4, -0.2) is 66.6 Å². The Morgan fingerprint density at radius 3 is 2.82 bits per heavy atom. The summed E-state index contributed by atoms with van der Waals surface area (Å²) in [6.07, 6.45) is 2.12. The topological polar surface area (TPSA) is 87.8 Å². The second kappa shape index (κ2) is 6.76. The van der Waals surface area contributed by atoms with Crippen LogP contribution in [0.25, 0.3) is 0 Å². The van der Waals surface area contributed by atoms with Gasteiger partial charge in [-0.1, -0.05) is 5.16 Å². The first-order valence-electron chi connectivity index (χ1n) is 7.87. The third kappa shape index (κ3) is 3.48. The minimum atomic E-state index is -0.299. The number of hydrogen-bond donors (Lipinski definition) is 2. The largest absolute Gasteiger partial charge is 0.394 e. The number of amides is 1. The zero-order chi connectivity index (χ0) is 15.5. The minimum absolute atomic E-state index is 0.0911. The van der Waals surface area contributed by atoms with Crippen molar-refractivity contribution in [1.29, 1.82) is 0 Å². The van der Waals surface area contributed by atoms with Crippen molar-refractivity contribution in [2.75, 3.05) is 39.5 Å². The number of morpholine rings is 1. The van der Waals surface area contributed by atoms with E-state index in [1.54, 1.807) is 6.92 Å². The lowest BCUT2D eigenvalue weighted by atomic mass is 10.1. The smallest absolute Gasteiger partial charge is 0.257 e. The Labute approximate surface area is 129 Å². The van der Waals surface area contributed by atoms with Crippen LogP contribution in [0.15, 0.2) is 4.52 Å². The molecule has 1 saturated heterocycles. The summed E-state index contributed by atoms with van der Waals surface area (Å²) in [6.45, 7) is 5.33. The molecule has 7 heteroatoms. The normalized spacial score (nSPS) is 20.8. The molecule has 3 rings (SSSR count). The van der Waals surface area contributed by atoms with Gasteiger partial charge in [-0.25, -0.2) is 0 Å². The van der Waals surface area contributed by atoms with E-state index < -0.39 is 0 Å². The van der Waals surface area contributed by atoms with Gasteiger partial charge in [-0.3, -0.25) is 9.69 Å². The molecule has 1 amide bonds. The maximum atomic E-state index is 12.5. The number of carbonyl (C=O) groups is 1.